The van der Waals surface area contributed by atoms with Gasteiger partial charge in [-0.05, 0) is 59.3 Å². The van der Waals surface area contributed by atoms with Crippen LogP contribution in [-0.4, -0.2) is 0 Å². The molecule has 0 aliphatic carbocycles. The van der Waals surface area contributed by atoms with Crippen LogP contribution < -0.4 is 0 Å². The molecule has 0 saturated carbocycles. The van der Waals surface area contributed by atoms with Gasteiger partial charge in [0.1, 0.15) is 0 Å². The summed E-state index contributed by atoms with van der Waals surface area (Å²) in [6, 6.07) is 4.94. The number of rotatable bonds is 5. The van der Waals surface area contributed by atoms with E-state index in [-0.39, 0.29) is 0 Å². The van der Waals surface area contributed by atoms with Crippen LogP contribution in [0, 0.1) is 5.41 Å². The second-order valence-electron chi connectivity index (χ2n) is 7.78. The summed E-state index contributed by atoms with van der Waals surface area (Å²) in [4.78, 5) is 0. The maximum atomic E-state index is 2.48. The molecule has 1 aromatic rings. The molecule has 0 nitrogen and oxygen atoms in total. The normalized spacial score (nSPS) is 12.6. The topological polar surface area (TPSA) is 0 Å². The van der Waals surface area contributed by atoms with Crippen molar-refractivity contribution in [1.82, 2.24) is 0 Å². The van der Waals surface area contributed by atoms with Gasteiger partial charge in [-0.2, -0.15) is 0 Å². The third kappa shape index (κ3) is 6.99. The molecule has 22 heavy (non-hydrogen) atoms. The van der Waals surface area contributed by atoms with Crippen LogP contribution in [0.1, 0.15) is 103 Å². The molecular formula is C22H40. The largest absolute Gasteiger partial charge is 0.0656 e. The lowest BCUT2D eigenvalue weighted by Crippen LogP contribution is -2.11. The molecule has 1 atom stereocenters. The first-order valence-corrected chi connectivity index (χ1v) is 9.38. The molecule has 0 aliphatic rings. The van der Waals surface area contributed by atoms with Crippen molar-refractivity contribution in [2.45, 2.75) is 100 Å². The van der Waals surface area contributed by atoms with Crippen LogP contribution in [0.2, 0.25) is 0 Å². The maximum absolute atomic E-state index is 2.48. The van der Waals surface area contributed by atoms with E-state index in [9.17, 15) is 0 Å². The highest BCUT2D eigenvalue weighted by molar-refractivity contribution is 5.41. The lowest BCUT2D eigenvalue weighted by atomic mass is 9.82. The fourth-order valence-electron chi connectivity index (χ4n) is 2.95. The summed E-state index contributed by atoms with van der Waals surface area (Å²) in [5.74, 6) is 0.681. The summed E-state index contributed by atoms with van der Waals surface area (Å²) in [7, 11) is 0. The zero-order valence-electron chi connectivity index (χ0n) is 16.8. The molecule has 0 heterocycles. The van der Waals surface area contributed by atoms with Crippen LogP contribution in [0.5, 0.6) is 0 Å². The first-order chi connectivity index (χ1) is 10.2. The molecular weight excluding hydrogens is 264 g/mol. The molecule has 0 heteroatoms. The van der Waals surface area contributed by atoms with E-state index in [1.807, 2.05) is 0 Å². The Hall–Kier alpha value is -0.780. The van der Waals surface area contributed by atoms with E-state index in [0.29, 0.717) is 11.3 Å². The van der Waals surface area contributed by atoms with Crippen molar-refractivity contribution in [3.63, 3.8) is 0 Å². The second-order valence-corrected chi connectivity index (χ2v) is 7.78. The number of aryl methyl sites for hydroxylation is 1. The minimum atomic E-state index is 0.367. The third-order valence-electron chi connectivity index (χ3n) is 4.05. The van der Waals surface area contributed by atoms with E-state index in [2.05, 4.69) is 74.4 Å². The Kier molecular flexibility index (Phi) is 9.72. The van der Waals surface area contributed by atoms with Crippen LogP contribution in [0.25, 0.3) is 0 Å². The number of benzene rings is 1. The summed E-state index contributed by atoms with van der Waals surface area (Å²) in [5, 5.41) is 0. The quantitative estimate of drug-likeness (QED) is 0.534. The highest BCUT2D eigenvalue weighted by atomic mass is 14.2. The highest BCUT2D eigenvalue weighted by Gasteiger charge is 2.16. The molecule has 0 aromatic heterocycles. The van der Waals surface area contributed by atoms with E-state index >= 15 is 0 Å². The Balaban J connectivity index is 0.00000135. The molecule has 0 bridgehead atoms. The van der Waals surface area contributed by atoms with Gasteiger partial charge in [0, 0.05) is 0 Å². The SMILES string of the molecule is CCC.CCc1cc(CC(C)(C)C)cc(C(C)CC)c1CC. The summed E-state index contributed by atoms with van der Waals surface area (Å²) in [6.45, 7) is 20.5. The fraction of sp³-hybridized carbons (Fsp3) is 0.727. The Morgan fingerprint density at radius 1 is 0.909 bits per heavy atom. The molecule has 0 aliphatic heterocycles. The van der Waals surface area contributed by atoms with Crippen molar-refractivity contribution in [3.05, 3.63) is 34.4 Å². The lowest BCUT2D eigenvalue weighted by Gasteiger charge is -2.23. The first kappa shape index (κ1) is 21.2. The average molecular weight is 305 g/mol. The average Bonchev–Trinajstić information content (AvgIpc) is 2.44. The molecule has 0 N–H and O–H groups in total. The minimum Gasteiger partial charge on any atom is -0.0656 e. The van der Waals surface area contributed by atoms with Crippen molar-refractivity contribution in [3.8, 4) is 0 Å². The van der Waals surface area contributed by atoms with Gasteiger partial charge < -0.3 is 0 Å². The van der Waals surface area contributed by atoms with Gasteiger partial charge in [0.05, 0.1) is 0 Å². The first-order valence-electron chi connectivity index (χ1n) is 9.38. The van der Waals surface area contributed by atoms with E-state index in [4.69, 9.17) is 0 Å². The summed E-state index contributed by atoms with van der Waals surface area (Å²) in [5.41, 5.74) is 6.67. The standard InChI is InChI=1S/C19H32.C3H8/c1-8-14(4)18-12-15(13-19(5,6)7)11-16(9-2)17(18)10-3;1-3-2/h11-12,14H,8-10,13H2,1-7H3;3H2,1-2H3. The van der Waals surface area contributed by atoms with Gasteiger partial charge in [-0.1, -0.05) is 80.9 Å². The van der Waals surface area contributed by atoms with Gasteiger partial charge in [0.2, 0.25) is 0 Å². The van der Waals surface area contributed by atoms with Crippen LogP contribution in [0.3, 0.4) is 0 Å². The summed E-state index contributed by atoms with van der Waals surface area (Å²) in [6.07, 6.45) is 5.98. The number of hydrogen-bond acceptors (Lipinski definition) is 0. The Labute approximate surface area is 140 Å². The fourth-order valence-corrected chi connectivity index (χ4v) is 2.95. The van der Waals surface area contributed by atoms with Crippen LogP contribution in [0.15, 0.2) is 12.1 Å². The van der Waals surface area contributed by atoms with Crippen LogP contribution in [0.4, 0.5) is 0 Å². The van der Waals surface area contributed by atoms with Gasteiger partial charge in [-0.25, -0.2) is 0 Å². The molecule has 0 fully saturated rings. The molecule has 0 spiro atoms. The third-order valence-corrected chi connectivity index (χ3v) is 4.05. The van der Waals surface area contributed by atoms with Gasteiger partial charge in [-0.3, -0.25) is 0 Å². The van der Waals surface area contributed by atoms with Crippen LogP contribution in [-0.2, 0) is 19.3 Å². The van der Waals surface area contributed by atoms with Crippen molar-refractivity contribution < 1.29 is 0 Å². The number of hydrogen-bond donors (Lipinski definition) is 0. The van der Waals surface area contributed by atoms with E-state index in [0.717, 1.165) is 6.42 Å². The minimum absolute atomic E-state index is 0.367. The van der Waals surface area contributed by atoms with E-state index in [1.54, 1.807) is 16.7 Å². The maximum Gasteiger partial charge on any atom is -0.0190 e. The Morgan fingerprint density at radius 3 is 1.82 bits per heavy atom. The van der Waals surface area contributed by atoms with Crippen LogP contribution >= 0.6 is 0 Å². The molecule has 0 radical (unpaired) electrons. The summed E-state index contributed by atoms with van der Waals surface area (Å²) >= 11 is 0. The van der Waals surface area contributed by atoms with E-state index in [1.165, 1.54) is 31.2 Å². The Morgan fingerprint density at radius 2 is 1.45 bits per heavy atom. The van der Waals surface area contributed by atoms with Crippen molar-refractivity contribution in [2.75, 3.05) is 0 Å². The van der Waals surface area contributed by atoms with E-state index < -0.39 is 0 Å². The smallest absolute Gasteiger partial charge is 0.0190 e. The monoisotopic (exact) mass is 304 g/mol. The zero-order chi connectivity index (χ0) is 17.3. The molecule has 1 rings (SSSR count). The Bertz CT molecular complexity index is 420. The lowest BCUT2D eigenvalue weighted by molar-refractivity contribution is 0.411. The van der Waals surface area contributed by atoms with Crippen molar-refractivity contribution in [2.24, 2.45) is 5.41 Å². The molecule has 1 aromatic carbocycles. The molecule has 0 saturated heterocycles. The van der Waals surface area contributed by atoms with Gasteiger partial charge >= 0.3 is 0 Å². The van der Waals surface area contributed by atoms with Gasteiger partial charge in [-0.15, -0.1) is 0 Å². The second kappa shape index (κ2) is 10.1. The van der Waals surface area contributed by atoms with Crippen molar-refractivity contribution in [1.29, 1.82) is 0 Å². The molecule has 128 valence electrons. The highest BCUT2D eigenvalue weighted by Crippen LogP contribution is 2.30. The molecule has 1 unspecified atom stereocenters. The van der Waals surface area contributed by atoms with Gasteiger partial charge in [0.25, 0.3) is 0 Å². The summed E-state index contributed by atoms with van der Waals surface area (Å²) < 4.78 is 0. The molecule has 0 amide bonds. The van der Waals surface area contributed by atoms with Gasteiger partial charge in [0.15, 0.2) is 0 Å². The van der Waals surface area contributed by atoms with Crippen molar-refractivity contribution >= 4 is 0 Å². The zero-order valence-corrected chi connectivity index (χ0v) is 16.8. The predicted molar refractivity (Wildman–Crippen MR) is 103 cm³/mol. The predicted octanol–water partition coefficient (Wildman–Crippen LogP) is 7.33.